The molecule has 3 heteroatoms. The molecule has 9 heavy (non-hydrogen) atoms. The summed E-state index contributed by atoms with van der Waals surface area (Å²) in [5, 5.41) is 17.3. The van der Waals surface area contributed by atoms with Crippen LogP contribution in [0.1, 0.15) is 0 Å². The topological polar surface area (TPSA) is 40.5 Å². The van der Waals surface area contributed by atoms with Gasteiger partial charge in [0.1, 0.15) is 0 Å². The zero-order valence-corrected chi connectivity index (χ0v) is 4.20. The smallest absolute Gasteiger partial charge is 0.157 e. The highest BCUT2D eigenvalue weighted by molar-refractivity contribution is 5.75. The van der Waals surface area contributed by atoms with Crippen LogP contribution in [0.25, 0.3) is 0 Å². The van der Waals surface area contributed by atoms with Crippen LogP contribution in [0, 0.1) is 0 Å². The van der Waals surface area contributed by atoms with Gasteiger partial charge in [0.25, 0.3) is 0 Å². The van der Waals surface area contributed by atoms with Crippen LogP contribution < -0.4 is 0 Å². The molecule has 0 radical (unpaired) electrons. The lowest BCUT2D eigenvalue weighted by Crippen LogP contribution is -1.63. The van der Waals surface area contributed by atoms with Gasteiger partial charge in [0.15, 0.2) is 11.5 Å². The summed E-state index contributed by atoms with van der Waals surface area (Å²) in [7, 11) is 0. The Balaban J connectivity index is 0.000000640. The van der Waals surface area contributed by atoms with Gasteiger partial charge in [-0.05, 0) is 23.1 Å². The summed E-state index contributed by atoms with van der Waals surface area (Å²) >= 11 is 0. The van der Waals surface area contributed by atoms with Gasteiger partial charge in [0, 0.05) is 0 Å². The predicted molar refractivity (Wildman–Crippen MR) is 41.1 cm³/mol. The van der Waals surface area contributed by atoms with Gasteiger partial charge in [-0.1, -0.05) is 12.1 Å². The molecule has 0 bridgehead atoms. The number of phenolic OH excluding ortho intramolecular Hbond substituents is 2. The lowest BCUT2D eigenvalue weighted by atomic mass is 10.3. The molecule has 0 amide bonds. The van der Waals surface area contributed by atoms with Gasteiger partial charge >= 0.3 is 0 Å². The molecule has 0 saturated carbocycles. The summed E-state index contributed by atoms with van der Waals surface area (Å²) in [6.45, 7) is 0. The van der Waals surface area contributed by atoms with Crippen molar-refractivity contribution in [2.45, 2.75) is 0 Å². The molecule has 1 aromatic rings. The summed E-state index contributed by atoms with van der Waals surface area (Å²) in [6.07, 6.45) is 0. The fourth-order valence-electron chi connectivity index (χ4n) is 0.464. The van der Waals surface area contributed by atoms with Gasteiger partial charge in [0.05, 0.1) is 0 Å². The molecular weight excluding hydrogens is 132 g/mol. The molecule has 0 fully saturated rings. The van der Waals surface area contributed by atoms with E-state index in [1.54, 1.807) is 12.1 Å². The van der Waals surface area contributed by atoms with E-state index in [-0.39, 0.29) is 22.5 Å². The molecule has 0 aliphatic heterocycles. The molecule has 1 rings (SSSR count). The fraction of sp³-hybridized carbons (Fsp3) is 0. The van der Waals surface area contributed by atoms with Crippen molar-refractivity contribution in [2.75, 3.05) is 0 Å². The Labute approximate surface area is 57.8 Å². The largest absolute Gasteiger partial charge is 0.504 e. The third-order valence-electron chi connectivity index (χ3n) is 0.882. The zero-order chi connectivity index (χ0) is 5.98. The van der Waals surface area contributed by atoms with Crippen LogP contribution in [-0.2, 0) is 0 Å². The lowest BCUT2D eigenvalue weighted by molar-refractivity contribution is 0.404. The Kier molecular flexibility index (Phi) is 2.80. The Bertz CT molecular complexity index is 167. The van der Waals surface area contributed by atoms with Gasteiger partial charge in [-0.25, -0.2) is 0 Å². The SMILES string of the molecule is Oc1ccccc1O.[SiH4]. The van der Waals surface area contributed by atoms with Gasteiger partial charge in [-0.2, -0.15) is 0 Å². The second kappa shape index (κ2) is 3.14. The van der Waals surface area contributed by atoms with Crippen molar-refractivity contribution in [3.63, 3.8) is 0 Å². The number of rotatable bonds is 0. The number of aromatic hydroxyl groups is 2. The van der Waals surface area contributed by atoms with Crippen molar-refractivity contribution in [3.8, 4) is 11.5 Å². The highest BCUT2D eigenvalue weighted by atomic mass is 28.1. The van der Waals surface area contributed by atoms with E-state index < -0.39 is 0 Å². The Morgan fingerprint density at radius 1 is 0.889 bits per heavy atom. The maximum Gasteiger partial charge on any atom is 0.157 e. The van der Waals surface area contributed by atoms with Crippen LogP contribution >= 0.6 is 0 Å². The molecule has 0 aromatic heterocycles. The van der Waals surface area contributed by atoms with Crippen LogP contribution in [0.5, 0.6) is 11.5 Å². The van der Waals surface area contributed by atoms with Crippen molar-refractivity contribution in [2.24, 2.45) is 0 Å². The third-order valence-corrected chi connectivity index (χ3v) is 0.882. The van der Waals surface area contributed by atoms with Gasteiger partial charge in [0.2, 0.25) is 0 Å². The van der Waals surface area contributed by atoms with Crippen LogP contribution in [0.15, 0.2) is 24.3 Å². The standard InChI is InChI=1S/C6H6O2.H4Si/c7-5-3-1-2-4-6(5)8;/h1-4,7-8H;1H4. The van der Waals surface area contributed by atoms with E-state index in [0.29, 0.717) is 0 Å². The first-order chi connectivity index (χ1) is 3.80. The molecule has 0 aliphatic rings. The maximum atomic E-state index is 8.67. The lowest BCUT2D eigenvalue weighted by Gasteiger charge is -1.91. The molecule has 2 N–H and O–H groups in total. The van der Waals surface area contributed by atoms with Crippen LogP contribution in [0.3, 0.4) is 0 Å². The van der Waals surface area contributed by atoms with Crippen molar-refractivity contribution >= 4 is 11.0 Å². The molecular formula is C6H10O2Si. The number of phenols is 2. The summed E-state index contributed by atoms with van der Waals surface area (Å²) < 4.78 is 0. The average Bonchev–Trinajstić information content (AvgIpc) is 1.77. The monoisotopic (exact) mass is 142 g/mol. The molecule has 0 unspecified atom stereocenters. The van der Waals surface area contributed by atoms with Gasteiger partial charge in [-0.3, -0.25) is 0 Å². The second-order valence-electron chi connectivity index (χ2n) is 1.49. The maximum absolute atomic E-state index is 8.67. The van der Waals surface area contributed by atoms with E-state index in [9.17, 15) is 0 Å². The molecule has 50 valence electrons. The number of benzene rings is 1. The molecule has 0 spiro atoms. The summed E-state index contributed by atoms with van der Waals surface area (Å²) in [5.41, 5.74) is 0. The minimum Gasteiger partial charge on any atom is -0.504 e. The Morgan fingerprint density at radius 2 is 1.22 bits per heavy atom. The van der Waals surface area contributed by atoms with E-state index in [2.05, 4.69) is 0 Å². The van der Waals surface area contributed by atoms with Gasteiger partial charge in [-0.15, -0.1) is 0 Å². The quantitative estimate of drug-likeness (QED) is 0.384. The average molecular weight is 142 g/mol. The van der Waals surface area contributed by atoms with Crippen molar-refractivity contribution < 1.29 is 10.2 Å². The minimum atomic E-state index is -0.0764. The van der Waals surface area contributed by atoms with E-state index in [1.165, 1.54) is 12.1 Å². The van der Waals surface area contributed by atoms with E-state index in [4.69, 9.17) is 10.2 Å². The van der Waals surface area contributed by atoms with E-state index in [1.807, 2.05) is 0 Å². The molecule has 0 saturated heterocycles. The first kappa shape index (κ1) is 8.04. The summed E-state index contributed by atoms with van der Waals surface area (Å²) in [4.78, 5) is 0. The first-order valence-corrected chi connectivity index (χ1v) is 2.27. The summed E-state index contributed by atoms with van der Waals surface area (Å²) in [6, 6.07) is 6.15. The van der Waals surface area contributed by atoms with Crippen LogP contribution in [0.2, 0.25) is 0 Å². The minimum absolute atomic E-state index is 0. The van der Waals surface area contributed by atoms with Gasteiger partial charge < -0.3 is 10.2 Å². The van der Waals surface area contributed by atoms with E-state index >= 15 is 0 Å². The number of hydrogen-bond donors (Lipinski definition) is 2. The predicted octanol–water partition coefficient (Wildman–Crippen LogP) is -0.354. The molecule has 1 aromatic carbocycles. The Morgan fingerprint density at radius 3 is 1.44 bits per heavy atom. The fourth-order valence-corrected chi connectivity index (χ4v) is 0.464. The molecule has 0 heterocycles. The molecule has 0 atom stereocenters. The zero-order valence-electron chi connectivity index (χ0n) is 4.20. The van der Waals surface area contributed by atoms with Crippen LogP contribution in [0.4, 0.5) is 0 Å². The van der Waals surface area contributed by atoms with E-state index in [0.717, 1.165) is 0 Å². The third kappa shape index (κ3) is 1.77. The highest BCUT2D eigenvalue weighted by Crippen LogP contribution is 2.21. The molecule has 0 aliphatic carbocycles. The number of para-hydroxylation sites is 2. The van der Waals surface area contributed by atoms with Crippen molar-refractivity contribution in [3.05, 3.63) is 24.3 Å². The van der Waals surface area contributed by atoms with Crippen LogP contribution in [-0.4, -0.2) is 21.2 Å². The molecule has 2 nitrogen and oxygen atoms in total. The van der Waals surface area contributed by atoms with Crippen molar-refractivity contribution in [1.82, 2.24) is 0 Å². The Hall–Kier alpha value is -0.963. The first-order valence-electron chi connectivity index (χ1n) is 2.27. The number of hydrogen-bond acceptors (Lipinski definition) is 2. The highest BCUT2D eigenvalue weighted by Gasteiger charge is 1.90. The summed E-state index contributed by atoms with van der Waals surface area (Å²) in [5.74, 6) is -0.153. The van der Waals surface area contributed by atoms with Crippen molar-refractivity contribution in [1.29, 1.82) is 0 Å². The normalized spacial score (nSPS) is 8.00. The second-order valence-corrected chi connectivity index (χ2v) is 1.49.